The third-order valence-corrected chi connectivity index (χ3v) is 2.59. The molecule has 0 saturated heterocycles. The lowest BCUT2D eigenvalue weighted by Crippen LogP contribution is -1.86. The molecule has 0 aliphatic heterocycles. The van der Waals surface area contributed by atoms with E-state index in [1.54, 1.807) is 11.3 Å². The maximum atomic E-state index is 9.81. The van der Waals surface area contributed by atoms with Crippen LogP contribution in [0.2, 0.25) is 0 Å². The second kappa shape index (κ2) is 4.36. The van der Waals surface area contributed by atoms with Crippen LogP contribution in [0, 0.1) is 0 Å². The van der Waals surface area contributed by atoms with Crippen LogP contribution >= 0.6 is 22.9 Å². The number of ether oxygens (including phenoxy) is 1. The summed E-state index contributed by atoms with van der Waals surface area (Å²) >= 11 is 7.15. The van der Waals surface area contributed by atoms with Crippen molar-refractivity contribution in [3.63, 3.8) is 0 Å². The average Bonchev–Trinajstić information content (AvgIpc) is 2.48. The van der Waals surface area contributed by atoms with E-state index in [0.29, 0.717) is 19.0 Å². The number of carbonyl (C=O) groups excluding carboxylic acids is 1. The summed E-state index contributed by atoms with van der Waals surface area (Å²) in [5.74, 6) is 0.520. The first-order valence-electron chi connectivity index (χ1n) is 3.04. The van der Waals surface area contributed by atoms with Gasteiger partial charge in [-0.2, -0.15) is 0 Å². The Morgan fingerprint density at radius 2 is 2.55 bits per heavy atom. The highest BCUT2D eigenvalue weighted by Gasteiger charge is 1.97. The van der Waals surface area contributed by atoms with Gasteiger partial charge in [-0.3, -0.25) is 4.79 Å². The van der Waals surface area contributed by atoms with E-state index in [4.69, 9.17) is 11.6 Å². The van der Waals surface area contributed by atoms with Gasteiger partial charge in [-0.05, 0) is 11.4 Å². The molecule has 0 aliphatic rings. The maximum Gasteiger partial charge on any atom is 0.293 e. The van der Waals surface area contributed by atoms with Crippen molar-refractivity contribution in [1.29, 1.82) is 0 Å². The van der Waals surface area contributed by atoms with Crippen LogP contribution < -0.4 is 0 Å². The number of thiophene rings is 1. The minimum atomic E-state index is 0.344. The summed E-state index contributed by atoms with van der Waals surface area (Å²) in [6.07, 6.45) is 0. The molecule has 60 valence electrons. The van der Waals surface area contributed by atoms with Gasteiger partial charge in [0.25, 0.3) is 6.47 Å². The van der Waals surface area contributed by atoms with Crippen molar-refractivity contribution >= 4 is 29.4 Å². The fourth-order valence-corrected chi connectivity index (χ4v) is 1.69. The van der Waals surface area contributed by atoms with E-state index in [1.165, 1.54) is 0 Å². The molecular weight excluding hydrogens is 184 g/mol. The Morgan fingerprint density at radius 3 is 3.09 bits per heavy atom. The molecule has 1 aromatic rings. The highest BCUT2D eigenvalue weighted by atomic mass is 35.5. The van der Waals surface area contributed by atoms with Gasteiger partial charge in [0.2, 0.25) is 0 Å². The van der Waals surface area contributed by atoms with E-state index in [2.05, 4.69) is 4.74 Å². The predicted octanol–water partition coefficient (Wildman–Crippen LogP) is 2.16. The Kier molecular flexibility index (Phi) is 3.39. The quantitative estimate of drug-likeness (QED) is 0.537. The van der Waals surface area contributed by atoms with Crippen molar-refractivity contribution in [3.8, 4) is 0 Å². The van der Waals surface area contributed by atoms with E-state index >= 15 is 0 Å². The van der Waals surface area contributed by atoms with Crippen LogP contribution in [0.5, 0.6) is 0 Å². The molecule has 0 aliphatic carbocycles. The molecule has 4 heteroatoms. The van der Waals surface area contributed by atoms with E-state index in [9.17, 15) is 4.79 Å². The van der Waals surface area contributed by atoms with Crippen molar-refractivity contribution < 1.29 is 9.53 Å². The van der Waals surface area contributed by atoms with Crippen molar-refractivity contribution in [1.82, 2.24) is 0 Å². The SMILES string of the molecule is O=COCc1csc(CCl)c1. The van der Waals surface area contributed by atoms with Crippen molar-refractivity contribution in [2.75, 3.05) is 0 Å². The molecule has 2 nitrogen and oxygen atoms in total. The van der Waals surface area contributed by atoms with Crippen LogP contribution in [0.15, 0.2) is 11.4 Å². The molecule has 0 unspecified atom stereocenters. The van der Waals surface area contributed by atoms with Gasteiger partial charge in [-0.1, -0.05) is 0 Å². The molecule has 0 aromatic carbocycles. The number of hydrogen-bond donors (Lipinski definition) is 0. The van der Waals surface area contributed by atoms with Crippen LogP contribution in [0.3, 0.4) is 0 Å². The Hall–Kier alpha value is -0.540. The first-order valence-corrected chi connectivity index (χ1v) is 4.45. The van der Waals surface area contributed by atoms with E-state index in [-0.39, 0.29) is 0 Å². The molecule has 0 N–H and O–H groups in total. The highest BCUT2D eigenvalue weighted by molar-refractivity contribution is 7.10. The maximum absolute atomic E-state index is 9.81. The van der Waals surface area contributed by atoms with Crippen molar-refractivity contribution in [2.45, 2.75) is 12.5 Å². The normalized spacial score (nSPS) is 9.55. The van der Waals surface area contributed by atoms with Crippen molar-refractivity contribution in [2.24, 2.45) is 0 Å². The summed E-state index contributed by atoms with van der Waals surface area (Å²) in [6.45, 7) is 0.787. The largest absolute Gasteiger partial charge is 0.463 e. The molecule has 1 rings (SSSR count). The summed E-state index contributed by atoms with van der Waals surface area (Å²) in [6, 6.07) is 1.93. The number of carbonyl (C=O) groups is 1. The van der Waals surface area contributed by atoms with Gasteiger partial charge in [0.1, 0.15) is 6.61 Å². The number of alkyl halides is 1. The second-order valence-corrected chi connectivity index (χ2v) is 3.23. The smallest absolute Gasteiger partial charge is 0.293 e. The van der Waals surface area contributed by atoms with Gasteiger partial charge in [0.05, 0.1) is 5.88 Å². The molecule has 0 saturated carbocycles. The van der Waals surface area contributed by atoms with Crippen LogP contribution in [-0.2, 0) is 22.0 Å². The van der Waals surface area contributed by atoms with Crippen LogP contribution in [0.25, 0.3) is 0 Å². The Labute approximate surface area is 73.7 Å². The summed E-state index contributed by atoms with van der Waals surface area (Å²) in [5.41, 5.74) is 0.998. The van der Waals surface area contributed by atoms with Gasteiger partial charge in [0.15, 0.2) is 0 Å². The minimum Gasteiger partial charge on any atom is -0.463 e. The van der Waals surface area contributed by atoms with Gasteiger partial charge in [-0.25, -0.2) is 0 Å². The minimum absolute atomic E-state index is 0.344. The molecule has 11 heavy (non-hydrogen) atoms. The summed E-state index contributed by atoms with van der Waals surface area (Å²) < 4.78 is 4.56. The summed E-state index contributed by atoms with van der Waals surface area (Å²) in [4.78, 5) is 10.9. The molecule has 0 fully saturated rings. The standard InChI is InChI=1S/C7H7ClO2S/c8-2-7-1-6(4-11-7)3-10-5-9/h1,4-5H,2-3H2. The first kappa shape index (κ1) is 8.56. The fraction of sp³-hybridized carbons (Fsp3) is 0.286. The topological polar surface area (TPSA) is 26.3 Å². The number of halogens is 1. The average molecular weight is 191 g/mol. The fourth-order valence-electron chi connectivity index (χ4n) is 0.702. The lowest BCUT2D eigenvalue weighted by Gasteiger charge is -1.91. The van der Waals surface area contributed by atoms with Crippen LogP contribution in [-0.4, -0.2) is 6.47 Å². The molecule has 1 heterocycles. The van der Waals surface area contributed by atoms with Gasteiger partial charge in [-0.15, -0.1) is 22.9 Å². The zero-order valence-corrected chi connectivity index (χ0v) is 7.32. The van der Waals surface area contributed by atoms with E-state index in [1.807, 2.05) is 11.4 Å². The number of hydrogen-bond acceptors (Lipinski definition) is 3. The lowest BCUT2D eigenvalue weighted by molar-refractivity contribution is -0.129. The van der Waals surface area contributed by atoms with Crippen LogP contribution in [0.4, 0.5) is 0 Å². The highest BCUT2D eigenvalue weighted by Crippen LogP contribution is 2.16. The Balaban J connectivity index is 2.50. The number of rotatable bonds is 4. The zero-order valence-electron chi connectivity index (χ0n) is 5.75. The molecular formula is C7H7ClO2S. The first-order chi connectivity index (χ1) is 5.36. The lowest BCUT2D eigenvalue weighted by atomic mass is 10.3. The third-order valence-electron chi connectivity index (χ3n) is 1.16. The van der Waals surface area contributed by atoms with Crippen LogP contribution in [0.1, 0.15) is 10.4 Å². The molecule has 0 spiro atoms. The molecule has 0 atom stereocenters. The Morgan fingerprint density at radius 1 is 1.73 bits per heavy atom. The van der Waals surface area contributed by atoms with E-state index < -0.39 is 0 Å². The Bertz CT molecular complexity index is 234. The van der Waals surface area contributed by atoms with Gasteiger partial charge < -0.3 is 4.74 Å². The summed E-state index contributed by atoms with van der Waals surface area (Å²) in [5, 5.41) is 1.93. The summed E-state index contributed by atoms with van der Waals surface area (Å²) in [7, 11) is 0. The van der Waals surface area contributed by atoms with E-state index in [0.717, 1.165) is 10.4 Å². The predicted molar refractivity (Wildman–Crippen MR) is 44.7 cm³/mol. The zero-order chi connectivity index (χ0) is 8.10. The third kappa shape index (κ3) is 2.52. The molecule has 0 bridgehead atoms. The molecule has 0 amide bonds. The second-order valence-electron chi connectivity index (χ2n) is 1.96. The monoisotopic (exact) mass is 190 g/mol. The van der Waals surface area contributed by atoms with Gasteiger partial charge in [0, 0.05) is 10.4 Å². The molecule has 0 radical (unpaired) electrons. The molecule has 1 aromatic heterocycles. The van der Waals surface area contributed by atoms with Crippen molar-refractivity contribution in [3.05, 3.63) is 21.9 Å². The van der Waals surface area contributed by atoms with Gasteiger partial charge >= 0.3 is 0 Å².